The molecule has 0 aliphatic carbocycles. The first-order valence-electron chi connectivity index (χ1n) is 6.20. The van der Waals surface area contributed by atoms with Crippen molar-refractivity contribution in [1.82, 2.24) is 5.32 Å². The molecule has 0 unspecified atom stereocenters. The number of esters is 1. The summed E-state index contributed by atoms with van der Waals surface area (Å²) < 4.78 is 4.77. The molecule has 100 valence electrons. The molecule has 17 heavy (non-hydrogen) atoms. The molecular weight excluding hydrogens is 218 g/mol. The lowest BCUT2D eigenvalue weighted by Gasteiger charge is -2.36. The van der Waals surface area contributed by atoms with Gasteiger partial charge in [-0.3, -0.25) is 9.59 Å². The zero-order valence-electron chi connectivity index (χ0n) is 11.8. The average molecular weight is 243 g/mol. The molecule has 0 saturated heterocycles. The Labute approximate surface area is 104 Å². The lowest BCUT2D eigenvalue weighted by molar-refractivity contribution is -0.145. The van der Waals surface area contributed by atoms with Crippen LogP contribution in [0.2, 0.25) is 0 Å². The van der Waals surface area contributed by atoms with Crippen molar-refractivity contribution >= 4 is 11.9 Å². The lowest BCUT2D eigenvalue weighted by atomic mass is 9.70. The quantitative estimate of drug-likeness (QED) is 0.726. The van der Waals surface area contributed by atoms with Gasteiger partial charge in [0.05, 0.1) is 12.0 Å². The number of rotatable bonds is 6. The van der Waals surface area contributed by atoms with E-state index in [9.17, 15) is 9.59 Å². The van der Waals surface area contributed by atoms with Crippen LogP contribution in [0.4, 0.5) is 0 Å². The SMILES string of the molecule is CCOC(=O)CNC(=O)C(C)(C(C)C)C(C)C. The molecule has 1 N–H and O–H groups in total. The highest BCUT2D eigenvalue weighted by molar-refractivity contribution is 5.86. The Morgan fingerprint density at radius 1 is 1.18 bits per heavy atom. The zero-order valence-corrected chi connectivity index (χ0v) is 11.8. The van der Waals surface area contributed by atoms with Gasteiger partial charge in [0.1, 0.15) is 6.54 Å². The van der Waals surface area contributed by atoms with E-state index >= 15 is 0 Å². The number of carbonyl (C=O) groups is 2. The third-order valence-electron chi connectivity index (χ3n) is 3.59. The van der Waals surface area contributed by atoms with Crippen molar-refractivity contribution in [3.63, 3.8) is 0 Å². The van der Waals surface area contributed by atoms with Crippen molar-refractivity contribution in [3.05, 3.63) is 0 Å². The Bertz CT molecular complexity index is 264. The number of nitrogens with one attached hydrogen (secondary N) is 1. The van der Waals surface area contributed by atoms with E-state index in [2.05, 4.69) is 5.32 Å². The van der Waals surface area contributed by atoms with Crippen molar-refractivity contribution in [2.75, 3.05) is 13.2 Å². The average Bonchev–Trinajstić information content (AvgIpc) is 2.24. The Morgan fingerprint density at radius 3 is 2.00 bits per heavy atom. The van der Waals surface area contributed by atoms with E-state index < -0.39 is 11.4 Å². The molecule has 0 aromatic rings. The summed E-state index contributed by atoms with van der Waals surface area (Å²) in [6.07, 6.45) is 0. The van der Waals surface area contributed by atoms with Gasteiger partial charge < -0.3 is 10.1 Å². The highest BCUT2D eigenvalue weighted by Gasteiger charge is 2.39. The molecule has 0 heterocycles. The Kier molecular flexibility index (Phi) is 6.21. The Morgan fingerprint density at radius 2 is 1.65 bits per heavy atom. The van der Waals surface area contributed by atoms with Crippen LogP contribution >= 0.6 is 0 Å². The molecule has 0 atom stereocenters. The molecule has 0 aromatic heterocycles. The van der Waals surface area contributed by atoms with Crippen molar-refractivity contribution in [2.45, 2.75) is 41.5 Å². The highest BCUT2D eigenvalue weighted by Crippen LogP contribution is 2.35. The van der Waals surface area contributed by atoms with Gasteiger partial charge in [0, 0.05) is 0 Å². The van der Waals surface area contributed by atoms with Crippen LogP contribution in [-0.4, -0.2) is 25.0 Å². The van der Waals surface area contributed by atoms with E-state index in [1.165, 1.54) is 0 Å². The fourth-order valence-electron chi connectivity index (χ4n) is 1.75. The summed E-state index contributed by atoms with van der Waals surface area (Å²) in [7, 11) is 0. The number of ether oxygens (including phenoxy) is 1. The van der Waals surface area contributed by atoms with Gasteiger partial charge in [-0.1, -0.05) is 34.6 Å². The zero-order chi connectivity index (χ0) is 13.6. The first-order valence-corrected chi connectivity index (χ1v) is 6.20. The molecule has 0 fully saturated rings. The molecule has 0 saturated carbocycles. The second-order valence-corrected chi connectivity index (χ2v) is 5.08. The number of carbonyl (C=O) groups excluding carboxylic acids is 2. The van der Waals surface area contributed by atoms with Crippen LogP contribution in [0.15, 0.2) is 0 Å². The smallest absolute Gasteiger partial charge is 0.325 e. The van der Waals surface area contributed by atoms with Crippen LogP contribution in [0.1, 0.15) is 41.5 Å². The van der Waals surface area contributed by atoms with Gasteiger partial charge in [-0.2, -0.15) is 0 Å². The predicted molar refractivity (Wildman–Crippen MR) is 67.4 cm³/mol. The molecule has 0 rings (SSSR count). The van der Waals surface area contributed by atoms with E-state index in [1.54, 1.807) is 6.92 Å². The minimum Gasteiger partial charge on any atom is -0.465 e. The van der Waals surface area contributed by atoms with Gasteiger partial charge in [0.15, 0.2) is 0 Å². The van der Waals surface area contributed by atoms with Gasteiger partial charge in [-0.15, -0.1) is 0 Å². The van der Waals surface area contributed by atoms with Gasteiger partial charge >= 0.3 is 5.97 Å². The summed E-state index contributed by atoms with van der Waals surface area (Å²) >= 11 is 0. The van der Waals surface area contributed by atoms with E-state index in [0.717, 1.165) is 0 Å². The maximum absolute atomic E-state index is 12.1. The van der Waals surface area contributed by atoms with Crippen LogP contribution in [-0.2, 0) is 14.3 Å². The largest absolute Gasteiger partial charge is 0.465 e. The highest BCUT2D eigenvalue weighted by atomic mass is 16.5. The van der Waals surface area contributed by atoms with Crippen molar-refractivity contribution in [1.29, 1.82) is 0 Å². The van der Waals surface area contributed by atoms with Gasteiger partial charge in [0.25, 0.3) is 0 Å². The molecule has 0 aliphatic rings. The maximum atomic E-state index is 12.1. The second-order valence-electron chi connectivity index (χ2n) is 5.08. The Hall–Kier alpha value is -1.06. The first kappa shape index (κ1) is 15.9. The molecular formula is C13H25NO3. The third-order valence-corrected chi connectivity index (χ3v) is 3.59. The Balaban J connectivity index is 4.51. The summed E-state index contributed by atoms with van der Waals surface area (Å²) in [5.41, 5.74) is -0.466. The van der Waals surface area contributed by atoms with Crippen molar-refractivity contribution in [2.24, 2.45) is 17.3 Å². The van der Waals surface area contributed by atoms with E-state index in [-0.39, 0.29) is 24.3 Å². The van der Waals surface area contributed by atoms with E-state index in [1.807, 2.05) is 34.6 Å². The summed E-state index contributed by atoms with van der Waals surface area (Å²) in [4.78, 5) is 23.3. The molecule has 0 aromatic carbocycles. The van der Waals surface area contributed by atoms with Gasteiger partial charge in [-0.05, 0) is 18.8 Å². The topological polar surface area (TPSA) is 55.4 Å². The normalized spacial score (nSPS) is 11.8. The summed E-state index contributed by atoms with van der Waals surface area (Å²) in [5, 5.41) is 2.66. The molecule has 4 nitrogen and oxygen atoms in total. The molecule has 0 radical (unpaired) electrons. The van der Waals surface area contributed by atoms with Crippen molar-refractivity contribution < 1.29 is 14.3 Å². The summed E-state index contributed by atoms with van der Waals surface area (Å²) in [6.45, 7) is 12.0. The first-order chi connectivity index (χ1) is 7.76. The number of amides is 1. The maximum Gasteiger partial charge on any atom is 0.325 e. The summed E-state index contributed by atoms with van der Waals surface area (Å²) in [6, 6.07) is 0. The number of hydrogen-bond donors (Lipinski definition) is 1. The summed E-state index contributed by atoms with van der Waals surface area (Å²) in [5.74, 6) is -0.0549. The van der Waals surface area contributed by atoms with Crippen LogP contribution in [0.3, 0.4) is 0 Å². The van der Waals surface area contributed by atoms with Crippen LogP contribution in [0.25, 0.3) is 0 Å². The van der Waals surface area contributed by atoms with Crippen LogP contribution < -0.4 is 5.32 Å². The van der Waals surface area contributed by atoms with E-state index in [0.29, 0.717) is 6.61 Å². The molecule has 0 bridgehead atoms. The second kappa shape index (κ2) is 6.62. The standard InChI is InChI=1S/C13H25NO3/c1-7-17-11(15)8-14-12(16)13(6,9(2)3)10(4)5/h9-10H,7-8H2,1-6H3,(H,14,16). The lowest BCUT2D eigenvalue weighted by Crippen LogP contribution is -2.47. The van der Waals surface area contributed by atoms with Crippen LogP contribution in [0, 0.1) is 17.3 Å². The molecule has 0 aliphatic heterocycles. The number of hydrogen-bond acceptors (Lipinski definition) is 3. The van der Waals surface area contributed by atoms with Crippen LogP contribution in [0.5, 0.6) is 0 Å². The molecule has 0 spiro atoms. The minimum absolute atomic E-state index is 0.0539. The fourth-order valence-corrected chi connectivity index (χ4v) is 1.75. The fraction of sp³-hybridized carbons (Fsp3) is 0.846. The minimum atomic E-state index is -0.466. The monoisotopic (exact) mass is 243 g/mol. The third kappa shape index (κ3) is 4.02. The van der Waals surface area contributed by atoms with Crippen molar-refractivity contribution in [3.8, 4) is 0 Å². The predicted octanol–water partition coefficient (Wildman–Crippen LogP) is 1.98. The van der Waals surface area contributed by atoms with Gasteiger partial charge in [-0.25, -0.2) is 0 Å². The molecule has 1 amide bonds. The van der Waals surface area contributed by atoms with E-state index in [4.69, 9.17) is 4.74 Å². The van der Waals surface area contributed by atoms with Gasteiger partial charge in [0.2, 0.25) is 5.91 Å². The molecule has 4 heteroatoms.